The number of benzene rings is 2. The molecule has 9 heteroatoms. The second-order valence-electron chi connectivity index (χ2n) is 7.55. The van der Waals surface area contributed by atoms with Gasteiger partial charge in [-0.15, -0.1) is 11.3 Å². The normalized spacial score (nSPS) is 13.3. The fourth-order valence-corrected chi connectivity index (χ4v) is 5.28. The van der Waals surface area contributed by atoms with E-state index in [2.05, 4.69) is 16.4 Å². The van der Waals surface area contributed by atoms with E-state index in [4.69, 9.17) is 4.74 Å². The van der Waals surface area contributed by atoms with Gasteiger partial charge in [-0.2, -0.15) is 4.31 Å². The molecular formula is C22H23N3O4S2. The van der Waals surface area contributed by atoms with Gasteiger partial charge in [0.1, 0.15) is 5.75 Å². The van der Waals surface area contributed by atoms with Crippen LogP contribution in [0.15, 0.2) is 52.7 Å². The van der Waals surface area contributed by atoms with Crippen LogP contribution in [-0.2, 0) is 16.4 Å². The molecule has 162 valence electrons. The number of aromatic nitrogens is 1. The fourth-order valence-electron chi connectivity index (χ4n) is 3.20. The molecule has 0 saturated heterocycles. The standard InChI is InChI=1S/C22H23N3O4S2/c1-14(2)25(3)31(27,28)18-7-4-15(5-8-18)21(26)24-22-23-19(13-30-22)16-6-9-20-17(12-16)10-11-29-20/h4-9,12-14H,10-11H2,1-3H3,(H,23,24,26). The second kappa shape index (κ2) is 8.41. The molecule has 0 bridgehead atoms. The van der Waals surface area contributed by atoms with E-state index in [9.17, 15) is 13.2 Å². The summed E-state index contributed by atoms with van der Waals surface area (Å²) in [6.07, 6.45) is 0.885. The Kier molecular flexibility index (Phi) is 5.83. The smallest absolute Gasteiger partial charge is 0.257 e. The summed E-state index contributed by atoms with van der Waals surface area (Å²) >= 11 is 1.34. The molecule has 7 nitrogen and oxygen atoms in total. The van der Waals surface area contributed by atoms with Gasteiger partial charge in [0.05, 0.1) is 17.2 Å². The van der Waals surface area contributed by atoms with Gasteiger partial charge in [0.25, 0.3) is 5.91 Å². The number of carbonyl (C=O) groups excluding carboxylic acids is 1. The molecule has 4 rings (SSSR count). The van der Waals surface area contributed by atoms with Crippen molar-refractivity contribution in [2.45, 2.75) is 31.2 Å². The Morgan fingerprint density at radius 3 is 2.65 bits per heavy atom. The van der Waals surface area contributed by atoms with Crippen molar-refractivity contribution in [3.8, 4) is 17.0 Å². The summed E-state index contributed by atoms with van der Waals surface area (Å²) in [7, 11) is -2.05. The molecule has 0 aliphatic carbocycles. The highest BCUT2D eigenvalue weighted by Gasteiger charge is 2.23. The Balaban J connectivity index is 1.47. The topological polar surface area (TPSA) is 88.6 Å². The minimum absolute atomic E-state index is 0.150. The highest BCUT2D eigenvalue weighted by molar-refractivity contribution is 7.89. The van der Waals surface area contributed by atoms with Crippen molar-refractivity contribution >= 4 is 32.4 Å². The molecule has 3 aromatic rings. The van der Waals surface area contributed by atoms with Crippen molar-refractivity contribution < 1.29 is 17.9 Å². The van der Waals surface area contributed by atoms with Gasteiger partial charge in [-0.05, 0) is 61.9 Å². The molecular weight excluding hydrogens is 434 g/mol. The van der Waals surface area contributed by atoms with Crippen molar-refractivity contribution in [1.82, 2.24) is 9.29 Å². The lowest BCUT2D eigenvalue weighted by molar-refractivity contribution is 0.102. The zero-order chi connectivity index (χ0) is 22.2. The van der Waals surface area contributed by atoms with E-state index in [0.717, 1.165) is 29.0 Å². The lowest BCUT2D eigenvalue weighted by Crippen LogP contribution is -2.33. The van der Waals surface area contributed by atoms with Crippen molar-refractivity contribution in [3.63, 3.8) is 0 Å². The quantitative estimate of drug-likeness (QED) is 0.604. The van der Waals surface area contributed by atoms with Crippen LogP contribution in [0, 0.1) is 0 Å². The van der Waals surface area contributed by atoms with E-state index in [0.29, 0.717) is 17.3 Å². The van der Waals surface area contributed by atoms with E-state index in [1.165, 1.54) is 47.0 Å². The number of hydrogen-bond acceptors (Lipinski definition) is 6. The molecule has 1 aliphatic rings. The number of hydrogen-bond donors (Lipinski definition) is 1. The largest absolute Gasteiger partial charge is 0.493 e. The molecule has 1 N–H and O–H groups in total. The van der Waals surface area contributed by atoms with Crippen LogP contribution in [-0.4, -0.2) is 43.3 Å². The monoisotopic (exact) mass is 457 g/mol. The molecule has 2 aromatic carbocycles. The van der Waals surface area contributed by atoms with Crippen molar-refractivity contribution in [1.29, 1.82) is 0 Å². The molecule has 1 aromatic heterocycles. The molecule has 0 radical (unpaired) electrons. The molecule has 2 heterocycles. The average Bonchev–Trinajstić information content (AvgIpc) is 3.41. The third kappa shape index (κ3) is 4.34. The lowest BCUT2D eigenvalue weighted by Gasteiger charge is -2.20. The van der Waals surface area contributed by atoms with E-state index >= 15 is 0 Å². The molecule has 0 unspecified atom stereocenters. The third-order valence-corrected chi connectivity index (χ3v) is 8.04. The molecule has 1 aliphatic heterocycles. The molecule has 0 fully saturated rings. The maximum Gasteiger partial charge on any atom is 0.257 e. The van der Waals surface area contributed by atoms with Crippen LogP contribution >= 0.6 is 11.3 Å². The number of nitrogens with zero attached hydrogens (tertiary/aromatic N) is 2. The number of carbonyl (C=O) groups is 1. The summed E-state index contributed by atoms with van der Waals surface area (Å²) in [6.45, 7) is 4.31. The van der Waals surface area contributed by atoms with Crippen molar-refractivity contribution in [2.24, 2.45) is 0 Å². The summed E-state index contributed by atoms with van der Waals surface area (Å²) in [5, 5.41) is 5.16. The Bertz CT molecular complexity index is 1220. The number of fused-ring (bicyclic) bond motifs is 1. The lowest BCUT2D eigenvalue weighted by atomic mass is 10.1. The first-order valence-electron chi connectivity index (χ1n) is 9.87. The van der Waals surface area contributed by atoms with Crippen LogP contribution in [0.4, 0.5) is 5.13 Å². The third-order valence-electron chi connectivity index (χ3n) is 5.23. The summed E-state index contributed by atoms with van der Waals surface area (Å²) in [4.78, 5) is 17.3. The van der Waals surface area contributed by atoms with Crippen LogP contribution in [0.25, 0.3) is 11.3 Å². The predicted octanol–water partition coefficient (Wildman–Crippen LogP) is 4.03. The van der Waals surface area contributed by atoms with Crippen LogP contribution in [0.5, 0.6) is 5.75 Å². The summed E-state index contributed by atoms with van der Waals surface area (Å²) in [5.74, 6) is 0.571. The second-order valence-corrected chi connectivity index (χ2v) is 10.4. The van der Waals surface area contributed by atoms with Crippen molar-refractivity contribution in [2.75, 3.05) is 19.0 Å². The fraction of sp³-hybridized carbons (Fsp3) is 0.273. The maximum atomic E-state index is 12.6. The zero-order valence-electron chi connectivity index (χ0n) is 17.5. The SMILES string of the molecule is CC(C)N(C)S(=O)(=O)c1ccc(C(=O)Nc2nc(-c3ccc4c(c3)CCO4)cs2)cc1. The minimum atomic E-state index is -3.59. The predicted molar refractivity (Wildman–Crippen MR) is 121 cm³/mol. The highest BCUT2D eigenvalue weighted by atomic mass is 32.2. The number of rotatable bonds is 6. The highest BCUT2D eigenvalue weighted by Crippen LogP contribution is 2.32. The number of thiazole rings is 1. The number of sulfonamides is 1. The first-order chi connectivity index (χ1) is 14.8. The summed E-state index contributed by atoms with van der Waals surface area (Å²) < 4.78 is 32.0. The molecule has 1 amide bonds. The molecule has 0 spiro atoms. The van der Waals surface area contributed by atoms with Crippen LogP contribution < -0.4 is 10.1 Å². The molecule has 31 heavy (non-hydrogen) atoms. The van der Waals surface area contributed by atoms with E-state index in [-0.39, 0.29) is 16.8 Å². The van der Waals surface area contributed by atoms with Gasteiger partial charge in [-0.3, -0.25) is 10.1 Å². The Labute approximate surface area is 185 Å². The van der Waals surface area contributed by atoms with Gasteiger partial charge in [0.15, 0.2) is 5.13 Å². The van der Waals surface area contributed by atoms with Crippen LogP contribution in [0.3, 0.4) is 0 Å². The summed E-state index contributed by atoms with van der Waals surface area (Å²) in [5.41, 5.74) is 3.28. The van der Waals surface area contributed by atoms with Crippen LogP contribution in [0.2, 0.25) is 0 Å². The van der Waals surface area contributed by atoms with Gasteiger partial charge < -0.3 is 4.74 Å². The van der Waals surface area contributed by atoms with E-state index in [1.807, 2.05) is 17.5 Å². The van der Waals surface area contributed by atoms with Gasteiger partial charge in [0, 0.05) is 36.0 Å². The first-order valence-corrected chi connectivity index (χ1v) is 12.2. The number of amides is 1. The number of anilines is 1. The van der Waals surface area contributed by atoms with Crippen LogP contribution in [0.1, 0.15) is 29.8 Å². The van der Waals surface area contributed by atoms with E-state index < -0.39 is 10.0 Å². The van der Waals surface area contributed by atoms with Gasteiger partial charge >= 0.3 is 0 Å². The number of ether oxygens (including phenoxy) is 1. The number of nitrogens with one attached hydrogen (secondary N) is 1. The maximum absolute atomic E-state index is 12.6. The minimum Gasteiger partial charge on any atom is -0.493 e. The summed E-state index contributed by atoms with van der Waals surface area (Å²) in [6, 6.07) is 11.7. The Morgan fingerprint density at radius 2 is 1.94 bits per heavy atom. The first kappa shape index (κ1) is 21.5. The van der Waals surface area contributed by atoms with Gasteiger partial charge in [-0.1, -0.05) is 0 Å². The molecule has 0 atom stereocenters. The zero-order valence-corrected chi connectivity index (χ0v) is 19.1. The Hall–Kier alpha value is -2.75. The van der Waals surface area contributed by atoms with Gasteiger partial charge in [0.2, 0.25) is 10.0 Å². The molecule has 0 saturated carbocycles. The van der Waals surface area contributed by atoms with Crippen molar-refractivity contribution in [3.05, 3.63) is 59.0 Å². The average molecular weight is 458 g/mol. The van der Waals surface area contributed by atoms with Gasteiger partial charge in [-0.25, -0.2) is 13.4 Å². The Morgan fingerprint density at radius 1 is 1.19 bits per heavy atom. The van der Waals surface area contributed by atoms with E-state index in [1.54, 1.807) is 13.8 Å².